The van der Waals surface area contributed by atoms with E-state index in [0.29, 0.717) is 12.4 Å². The molecular formula is C71H47N4P. The summed E-state index contributed by atoms with van der Waals surface area (Å²) in [6.45, 7) is 0.489. The van der Waals surface area contributed by atoms with Gasteiger partial charge in [0, 0.05) is 21.9 Å². The van der Waals surface area contributed by atoms with Gasteiger partial charge in [0.05, 0.1) is 16.6 Å². The minimum Gasteiger partial charge on any atom is -0.397 e. The molecule has 0 radical (unpaired) electrons. The van der Waals surface area contributed by atoms with Gasteiger partial charge in [-0.3, -0.25) is 9.78 Å². The fraction of sp³-hybridized carbons (Fsp3) is 0.0282. The van der Waals surface area contributed by atoms with Crippen LogP contribution < -0.4 is 25.7 Å². The molecule has 1 spiro atoms. The van der Waals surface area contributed by atoms with Crippen molar-refractivity contribution in [1.29, 1.82) is 0 Å². The molecule has 356 valence electrons. The quantitative estimate of drug-likeness (QED) is 0.0822. The third-order valence-corrected chi connectivity index (χ3v) is 18.0. The Morgan fingerprint density at radius 3 is 1.50 bits per heavy atom. The van der Waals surface area contributed by atoms with E-state index < -0.39 is 13.3 Å². The molecule has 2 aromatic heterocycles. The van der Waals surface area contributed by atoms with Crippen molar-refractivity contribution < 1.29 is 4.68 Å². The van der Waals surface area contributed by atoms with E-state index >= 15 is 0 Å². The van der Waals surface area contributed by atoms with Crippen molar-refractivity contribution in [2.45, 2.75) is 12.0 Å². The molecule has 0 saturated heterocycles. The zero-order valence-electron chi connectivity index (χ0n) is 41.4. The summed E-state index contributed by atoms with van der Waals surface area (Å²) in [6, 6.07) is 99.7. The normalized spacial score (nSPS) is 12.8. The second-order valence-electron chi connectivity index (χ2n) is 19.9. The van der Waals surface area contributed by atoms with Crippen LogP contribution in [0.3, 0.4) is 0 Å². The van der Waals surface area contributed by atoms with Gasteiger partial charge < -0.3 is 4.98 Å². The van der Waals surface area contributed by atoms with Crippen molar-refractivity contribution >= 4 is 45.5 Å². The summed E-state index contributed by atoms with van der Waals surface area (Å²) in [5.41, 5.74) is 18.4. The molecule has 2 aliphatic rings. The Hall–Kier alpha value is -9.34. The standard InChI is InChI=1S/C71H47N4P/c1-5-21-48(22-6-1)49-37-39-50(40-38-49)69-73-70(51-23-7-2-8-24-51)75(74-69)46-47-41-52(43-55(42-47)76(53-25-9-3-10-26-53)54-27-11-4-12-28-54)68-62-44-61-58-31-15-19-35-65(58)71(66(61)45-60(62)59-32-16-20-36-67(59)72-68)63-33-17-13-29-56(63)57-30-14-18-34-64(57)71/h1-45H,46H2. The van der Waals surface area contributed by atoms with Crippen LogP contribution in [0.5, 0.6) is 0 Å². The van der Waals surface area contributed by atoms with Gasteiger partial charge in [-0.15, -0.1) is 0 Å². The number of aromatic nitrogens is 4. The van der Waals surface area contributed by atoms with Gasteiger partial charge in [-0.2, -0.15) is 0 Å². The van der Waals surface area contributed by atoms with Crippen LogP contribution in [0.1, 0.15) is 27.8 Å². The highest BCUT2D eigenvalue weighted by Crippen LogP contribution is 2.63. The highest BCUT2D eigenvalue weighted by molar-refractivity contribution is 7.79. The molecule has 0 fully saturated rings. The highest BCUT2D eigenvalue weighted by atomic mass is 31.1. The molecule has 0 N–H and O–H groups in total. The number of hydrogen-bond donors (Lipinski definition) is 0. The largest absolute Gasteiger partial charge is 0.397 e. The molecule has 13 aromatic rings. The lowest BCUT2D eigenvalue weighted by Crippen LogP contribution is -2.40. The molecule has 0 amide bonds. The minimum absolute atomic E-state index is 0.469. The third-order valence-electron chi connectivity index (χ3n) is 15.6. The number of hydrogen-bond acceptors (Lipinski definition) is 2. The Kier molecular flexibility index (Phi) is 10.4. The monoisotopic (exact) mass is 986 g/mol. The van der Waals surface area contributed by atoms with Crippen LogP contribution >= 0.6 is 7.92 Å². The van der Waals surface area contributed by atoms with Crippen molar-refractivity contribution in [3.8, 4) is 67.4 Å². The van der Waals surface area contributed by atoms with Gasteiger partial charge in [0.25, 0.3) is 0 Å². The van der Waals surface area contributed by atoms with Crippen molar-refractivity contribution in [3.05, 3.63) is 301 Å². The first-order chi connectivity index (χ1) is 37.7. The number of benzene rings is 11. The fourth-order valence-corrected chi connectivity index (χ4v) is 14.8. The minimum atomic E-state index is -0.998. The molecule has 0 unspecified atom stereocenters. The van der Waals surface area contributed by atoms with Gasteiger partial charge in [0.1, 0.15) is 12.4 Å². The Morgan fingerprint density at radius 2 is 0.868 bits per heavy atom. The molecule has 15 rings (SSSR count). The summed E-state index contributed by atoms with van der Waals surface area (Å²) in [6.07, 6.45) is 0. The fourth-order valence-electron chi connectivity index (χ4n) is 12.4. The van der Waals surface area contributed by atoms with Gasteiger partial charge in [-0.1, -0.05) is 237 Å². The molecular weight excluding hydrogens is 940 g/mol. The Labute approximate surface area is 443 Å². The zero-order chi connectivity index (χ0) is 50.2. The van der Waals surface area contributed by atoms with E-state index in [9.17, 15) is 0 Å². The predicted octanol–water partition coefficient (Wildman–Crippen LogP) is 14.8. The number of nitrogens with zero attached hydrogens (tertiary/aromatic N) is 4. The van der Waals surface area contributed by atoms with E-state index in [4.69, 9.17) is 15.1 Å². The molecule has 0 bridgehead atoms. The van der Waals surface area contributed by atoms with Crippen LogP contribution in [0.2, 0.25) is 0 Å². The molecule has 5 heteroatoms. The van der Waals surface area contributed by atoms with Crippen molar-refractivity contribution in [2.24, 2.45) is 0 Å². The van der Waals surface area contributed by atoms with Gasteiger partial charge in [-0.05, 0) is 138 Å². The maximum atomic E-state index is 5.72. The number of pyridine rings is 1. The van der Waals surface area contributed by atoms with E-state index in [0.717, 1.165) is 55.6 Å². The first kappa shape index (κ1) is 44.2. The first-order valence-corrected chi connectivity index (χ1v) is 27.4. The molecule has 0 saturated carbocycles. The van der Waals surface area contributed by atoms with Gasteiger partial charge in [0.15, 0.2) is 0 Å². The predicted molar refractivity (Wildman–Crippen MR) is 313 cm³/mol. The summed E-state index contributed by atoms with van der Waals surface area (Å²) >= 11 is 0. The summed E-state index contributed by atoms with van der Waals surface area (Å²) in [5.74, 6) is 1.50. The third kappa shape index (κ3) is 7.06. The summed E-state index contributed by atoms with van der Waals surface area (Å²) < 4.78 is 2.10. The first-order valence-electron chi connectivity index (χ1n) is 26.0. The van der Waals surface area contributed by atoms with Crippen LogP contribution in [0.25, 0.3) is 89.1 Å². The topological polar surface area (TPSA) is 43.8 Å². The number of para-hydroxylation sites is 1. The van der Waals surface area contributed by atoms with Crippen LogP contribution in [0.4, 0.5) is 0 Å². The van der Waals surface area contributed by atoms with Crippen LogP contribution in [0, 0.1) is 0 Å². The smallest absolute Gasteiger partial charge is 0.126 e. The Balaban J connectivity index is 0.964. The maximum Gasteiger partial charge on any atom is 0.126 e. The van der Waals surface area contributed by atoms with E-state index in [-0.39, 0.29) is 0 Å². The molecule has 0 atom stereocenters. The molecule has 0 aliphatic heterocycles. The zero-order valence-corrected chi connectivity index (χ0v) is 42.3. The lowest BCUT2D eigenvalue weighted by molar-refractivity contribution is -0.737. The van der Waals surface area contributed by atoms with Crippen LogP contribution in [-0.4, -0.2) is 9.97 Å². The van der Waals surface area contributed by atoms with Crippen LogP contribution in [0.15, 0.2) is 273 Å². The van der Waals surface area contributed by atoms with E-state index in [1.54, 1.807) is 0 Å². The lowest BCUT2D eigenvalue weighted by atomic mass is 9.70. The molecule has 2 aliphatic carbocycles. The van der Waals surface area contributed by atoms with Gasteiger partial charge >= 0.3 is 0 Å². The van der Waals surface area contributed by atoms with Crippen molar-refractivity contribution in [2.75, 3.05) is 0 Å². The second-order valence-corrected chi connectivity index (χ2v) is 22.1. The van der Waals surface area contributed by atoms with Crippen molar-refractivity contribution in [3.63, 3.8) is 0 Å². The van der Waals surface area contributed by atoms with E-state index in [1.807, 2.05) is 0 Å². The maximum absolute atomic E-state index is 5.72. The summed E-state index contributed by atoms with van der Waals surface area (Å²) in [7, 11) is -0.998. The van der Waals surface area contributed by atoms with Gasteiger partial charge in [0.2, 0.25) is 0 Å². The van der Waals surface area contributed by atoms with Crippen molar-refractivity contribution in [1.82, 2.24) is 15.1 Å². The van der Waals surface area contributed by atoms with Crippen LogP contribution in [-0.2, 0) is 12.0 Å². The Morgan fingerprint density at radius 1 is 0.355 bits per heavy atom. The molecule has 4 nitrogen and oxygen atoms in total. The summed E-state index contributed by atoms with van der Waals surface area (Å²) in [4.78, 5) is 11.0. The lowest BCUT2D eigenvalue weighted by Gasteiger charge is -2.30. The highest BCUT2D eigenvalue weighted by Gasteiger charge is 2.51. The average molecular weight is 987 g/mol. The number of fused-ring (bicyclic) bond motifs is 13. The second kappa shape index (κ2) is 18.0. The summed E-state index contributed by atoms with van der Waals surface area (Å²) in [5, 5.41) is 12.6. The Bertz CT molecular complexity index is 4280. The molecule has 11 aromatic carbocycles. The van der Waals surface area contributed by atoms with Gasteiger partial charge in [-0.25, -0.2) is 4.98 Å². The molecule has 2 heterocycles. The van der Waals surface area contributed by atoms with E-state index in [2.05, 4.69) is 278 Å². The molecule has 76 heavy (non-hydrogen) atoms. The number of rotatable bonds is 9. The van der Waals surface area contributed by atoms with E-state index in [1.165, 1.54) is 71.4 Å². The SMILES string of the molecule is c1ccc(-c2ccc(-c3nc(-c4ccccc4)[n+](Cc4cc(-c5nc6ccccc6c6cc7c(cc56)-c5ccccc5C75c6ccccc6-c6ccccc65)cc(P(c5ccccc5)c5ccccc5)c4)[n-]3)cc2)cc1. The average Bonchev–Trinajstić information content (AvgIpc) is 4.29.